The predicted molar refractivity (Wildman–Crippen MR) is 75.0 cm³/mol. The molecular weight excluding hydrogens is 318 g/mol. The second kappa shape index (κ2) is 5.36. The Labute approximate surface area is 116 Å². The molecule has 0 saturated carbocycles. The quantitative estimate of drug-likeness (QED) is 0.803. The van der Waals surface area contributed by atoms with Gasteiger partial charge in [0.1, 0.15) is 5.82 Å². The number of hydrogen-bond donors (Lipinski definition) is 3. The number of aromatic carboxylic acids is 1. The highest BCUT2D eigenvalue weighted by molar-refractivity contribution is 9.11. The number of halogens is 1. The van der Waals surface area contributed by atoms with Crippen LogP contribution in [0.25, 0.3) is 0 Å². The summed E-state index contributed by atoms with van der Waals surface area (Å²) >= 11 is 4.97. The normalized spacial score (nSPS) is 10.3. The lowest BCUT2D eigenvalue weighted by Gasteiger charge is -2.08. The molecule has 4 N–H and O–H groups in total. The molecule has 0 aliphatic heterocycles. The largest absolute Gasteiger partial charge is 0.478 e. The topological polar surface area (TPSA) is 88.2 Å². The van der Waals surface area contributed by atoms with Crippen molar-refractivity contribution in [2.75, 3.05) is 11.1 Å². The van der Waals surface area contributed by atoms with Crippen LogP contribution in [0.1, 0.15) is 15.2 Å². The molecule has 2 aromatic heterocycles. The molecule has 0 aliphatic rings. The molecular formula is C11H10BrN3O2S. The molecule has 0 amide bonds. The van der Waals surface area contributed by atoms with Gasteiger partial charge < -0.3 is 16.2 Å². The summed E-state index contributed by atoms with van der Waals surface area (Å²) in [6.07, 6.45) is 1.42. The fourth-order valence-corrected chi connectivity index (χ4v) is 2.84. The first-order valence-corrected chi connectivity index (χ1v) is 6.64. The molecule has 0 unspecified atom stereocenters. The molecule has 0 aliphatic carbocycles. The van der Waals surface area contributed by atoms with Crippen molar-refractivity contribution in [2.24, 2.45) is 0 Å². The maximum atomic E-state index is 10.9. The first-order chi connectivity index (χ1) is 8.58. The third-order valence-electron chi connectivity index (χ3n) is 2.28. The number of nitrogens with zero attached hydrogens (tertiary/aromatic N) is 1. The number of aromatic nitrogens is 1. The lowest BCUT2D eigenvalue weighted by Crippen LogP contribution is -2.08. The first-order valence-electron chi connectivity index (χ1n) is 5.04. The average Bonchev–Trinajstić information content (AvgIpc) is 2.73. The van der Waals surface area contributed by atoms with Crippen LogP contribution in [0.3, 0.4) is 0 Å². The van der Waals surface area contributed by atoms with Crippen molar-refractivity contribution in [1.82, 2.24) is 4.98 Å². The van der Waals surface area contributed by atoms with Gasteiger partial charge in [-0.25, -0.2) is 9.78 Å². The van der Waals surface area contributed by atoms with Crippen LogP contribution >= 0.6 is 27.3 Å². The molecule has 94 valence electrons. The minimum absolute atomic E-state index is 0.0554. The van der Waals surface area contributed by atoms with Gasteiger partial charge in [0.15, 0.2) is 0 Å². The number of nitrogens with two attached hydrogens (primary N) is 1. The van der Waals surface area contributed by atoms with Crippen molar-refractivity contribution < 1.29 is 9.90 Å². The van der Waals surface area contributed by atoms with Gasteiger partial charge in [-0.3, -0.25) is 0 Å². The maximum Gasteiger partial charge on any atom is 0.337 e. The monoisotopic (exact) mass is 327 g/mol. The van der Waals surface area contributed by atoms with E-state index in [9.17, 15) is 4.79 Å². The number of nitrogen functional groups attached to an aromatic ring is 1. The Morgan fingerprint density at radius 3 is 2.89 bits per heavy atom. The highest BCUT2D eigenvalue weighted by Crippen LogP contribution is 2.24. The summed E-state index contributed by atoms with van der Waals surface area (Å²) in [5, 5.41) is 12.0. The minimum Gasteiger partial charge on any atom is -0.478 e. The summed E-state index contributed by atoms with van der Waals surface area (Å²) in [5.41, 5.74) is 5.95. The second-order valence-corrected chi connectivity index (χ2v) is 6.03. The van der Waals surface area contributed by atoms with Gasteiger partial charge in [0.25, 0.3) is 0 Å². The molecule has 7 heteroatoms. The summed E-state index contributed by atoms with van der Waals surface area (Å²) in [7, 11) is 0. The van der Waals surface area contributed by atoms with E-state index in [1.165, 1.54) is 12.3 Å². The lowest BCUT2D eigenvalue weighted by atomic mass is 10.2. The van der Waals surface area contributed by atoms with Crippen LogP contribution in [0.15, 0.2) is 28.2 Å². The van der Waals surface area contributed by atoms with Crippen molar-refractivity contribution in [2.45, 2.75) is 6.54 Å². The molecule has 0 radical (unpaired) electrons. The van der Waals surface area contributed by atoms with E-state index in [1.807, 2.05) is 12.1 Å². The van der Waals surface area contributed by atoms with Crippen LogP contribution in [-0.4, -0.2) is 16.1 Å². The summed E-state index contributed by atoms with van der Waals surface area (Å²) in [5.74, 6) is -0.670. The Morgan fingerprint density at radius 1 is 1.50 bits per heavy atom. The summed E-state index contributed by atoms with van der Waals surface area (Å²) < 4.78 is 1.04. The number of thiophene rings is 1. The Hall–Kier alpha value is -1.60. The zero-order chi connectivity index (χ0) is 13.1. The number of carboxylic acid groups (broad SMARTS) is 1. The molecule has 2 heterocycles. The third kappa shape index (κ3) is 2.80. The number of nitrogens with one attached hydrogen (secondary N) is 1. The number of carboxylic acids is 1. The average molecular weight is 328 g/mol. The summed E-state index contributed by atoms with van der Waals surface area (Å²) in [6, 6.07) is 5.30. The first kappa shape index (κ1) is 12.8. The van der Waals surface area contributed by atoms with Crippen molar-refractivity contribution in [1.29, 1.82) is 0 Å². The van der Waals surface area contributed by atoms with Gasteiger partial charge in [0, 0.05) is 11.1 Å². The Kier molecular flexibility index (Phi) is 3.83. The maximum absolute atomic E-state index is 10.9. The van der Waals surface area contributed by atoms with Crippen molar-refractivity contribution in [3.8, 4) is 0 Å². The molecule has 2 rings (SSSR count). The van der Waals surface area contributed by atoms with Gasteiger partial charge >= 0.3 is 5.97 Å². The lowest BCUT2D eigenvalue weighted by molar-refractivity contribution is 0.0698. The van der Waals surface area contributed by atoms with E-state index in [0.29, 0.717) is 12.4 Å². The molecule has 0 fully saturated rings. The van der Waals surface area contributed by atoms with Gasteiger partial charge in [-0.15, -0.1) is 11.3 Å². The van der Waals surface area contributed by atoms with Crippen LogP contribution in [0.2, 0.25) is 0 Å². The number of carbonyl (C=O) groups is 1. The SMILES string of the molecule is Nc1c(C(=O)O)ccnc1NCc1ccc(Br)s1. The van der Waals surface area contributed by atoms with Gasteiger partial charge in [0.2, 0.25) is 0 Å². The molecule has 18 heavy (non-hydrogen) atoms. The van der Waals surface area contributed by atoms with E-state index in [-0.39, 0.29) is 11.3 Å². The highest BCUT2D eigenvalue weighted by Gasteiger charge is 2.12. The van der Waals surface area contributed by atoms with Crippen LogP contribution in [0, 0.1) is 0 Å². The molecule has 0 aromatic carbocycles. The smallest absolute Gasteiger partial charge is 0.337 e. The Bertz CT molecular complexity index is 585. The zero-order valence-electron chi connectivity index (χ0n) is 9.18. The van der Waals surface area contributed by atoms with Crippen molar-refractivity contribution in [3.63, 3.8) is 0 Å². The van der Waals surface area contributed by atoms with Crippen molar-refractivity contribution in [3.05, 3.63) is 38.6 Å². The molecule has 2 aromatic rings. The molecule has 0 spiro atoms. The van der Waals surface area contributed by atoms with Gasteiger partial charge in [-0.05, 0) is 34.1 Å². The summed E-state index contributed by atoms with van der Waals surface area (Å²) in [6.45, 7) is 0.552. The molecule has 0 saturated heterocycles. The van der Waals surface area contributed by atoms with E-state index < -0.39 is 5.97 Å². The third-order valence-corrected chi connectivity index (χ3v) is 3.90. The van der Waals surface area contributed by atoms with E-state index >= 15 is 0 Å². The van der Waals surface area contributed by atoms with Gasteiger partial charge in [-0.2, -0.15) is 0 Å². The van der Waals surface area contributed by atoms with Crippen LogP contribution < -0.4 is 11.1 Å². The zero-order valence-corrected chi connectivity index (χ0v) is 11.6. The number of rotatable bonds is 4. The molecule has 0 bridgehead atoms. The number of anilines is 2. The molecule has 0 atom stereocenters. The van der Waals surface area contributed by atoms with E-state index in [4.69, 9.17) is 10.8 Å². The highest BCUT2D eigenvalue weighted by atomic mass is 79.9. The van der Waals surface area contributed by atoms with E-state index in [0.717, 1.165) is 8.66 Å². The minimum atomic E-state index is -1.06. The number of pyridine rings is 1. The fourth-order valence-electron chi connectivity index (χ4n) is 1.42. The second-order valence-electron chi connectivity index (χ2n) is 3.49. The van der Waals surface area contributed by atoms with Crippen LogP contribution in [-0.2, 0) is 6.54 Å². The van der Waals surface area contributed by atoms with Crippen molar-refractivity contribution >= 4 is 44.7 Å². The Morgan fingerprint density at radius 2 is 2.28 bits per heavy atom. The fraction of sp³-hybridized carbons (Fsp3) is 0.0909. The van der Waals surface area contributed by atoms with E-state index in [2.05, 4.69) is 26.2 Å². The van der Waals surface area contributed by atoms with E-state index in [1.54, 1.807) is 11.3 Å². The van der Waals surface area contributed by atoms with Gasteiger partial charge in [-0.1, -0.05) is 0 Å². The predicted octanol–water partition coefficient (Wildman–Crippen LogP) is 2.80. The molecule has 5 nitrogen and oxygen atoms in total. The number of hydrogen-bond acceptors (Lipinski definition) is 5. The van der Waals surface area contributed by atoms with Gasteiger partial charge in [0.05, 0.1) is 21.6 Å². The summed E-state index contributed by atoms with van der Waals surface area (Å²) in [4.78, 5) is 16.0. The van der Waals surface area contributed by atoms with Crippen LogP contribution in [0.4, 0.5) is 11.5 Å². The Balaban J connectivity index is 2.14. The van der Waals surface area contributed by atoms with Crippen LogP contribution in [0.5, 0.6) is 0 Å². The standard InChI is InChI=1S/C11H10BrN3O2S/c12-8-2-1-6(18-8)5-15-10-9(13)7(11(16)17)3-4-14-10/h1-4H,5,13H2,(H,14,15)(H,16,17).